The van der Waals surface area contributed by atoms with Crippen LogP contribution in [-0.4, -0.2) is 169 Å². The molecule has 0 aromatic rings. The first-order chi connectivity index (χ1) is 26.0. The molecule has 3 N–H and O–H groups in total. The van der Waals surface area contributed by atoms with Crippen LogP contribution in [0.5, 0.6) is 0 Å². The van der Waals surface area contributed by atoms with Crippen molar-refractivity contribution in [2.24, 2.45) is 17.8 Å². The highest BCUT2D eigenvalue weighted by Gasteiger charge is 2.53. The van der Waals surface area contributed by atoms with Crippen LogP contribution in [0.1, 0.15) is 149 Å². The largest absolute Gasteiger partial charge is 0.459 e. The minimum Gasteiger partial charge on any atom is -0.459 e. The summed E-state index contributed by atoms with van der Waals surface area (Å²) in [6.45, 7) is 23.5. The number of aliphatic hydroxyl groups excluding tert-OH is 2. The molecule has 3 aliphatic rings. The fourth-order valence-electron chi connectivity index (χ4n) is 9.82. The number of ether oxygens (including phenoxy) is 8. The van der Waals surface area contributed by atoms with E-state index in [2.05, 4.69) is 23.6 Å². The van der Waals surface area contributed by atoms with Crippen LogP contribution in [-0.2, 0) is 42.7 Å². The number of carbonyl (C=O) groups is 1. The molecule has 0 saturated carbocycles. The highest BCUT2D eigenvalue weighted by atomic mass is 16.7. The third kappa shape index (κ3) is 10.5. The molecule has 0 aromatic heterocycles. The summed E-state index contributed by atoms with van der Waals surface area (Å²) in [5.41, 5.74) is -3.75. The van der Waals surface area contributed by atoms with E-state index >= 15 is 0 Å². The van der Waals surface area contributed by atoms with E-state index in [1.54, 1.807) is 48.8 Å². The number of hydrogen-bond donors (Lipinski definition) is 3. The molecule has 3 fully saturated rings. The summed E-state index contributed by atoms with van der Waals surface area (Å²) in [4.78, 5) is 18.9. The third-order valence-corrected chi connectivity index (χ3v) is 13.8. The van der Waals surface area contributed by atoms with E-state index < -0.39 is 96.0 Å². The molecule has 386 valence electrons. The fourth-order valence-corrected chi connectivity index (χ4v) is 9.82. The highest BCUT2D eigenvalue weighted by Crippen LogP contribution is 2.41. The normalized spacial score (nSPS) is 48.3. The predicted octanol–water partition coefficient (Wildman–Crippen LogP) is 10.9. The molecule has 0 aliphatic carbocycles. The van der Waals surface area contributed by atoms with Crippen molar-refractivity contribution in [3.63, 3.8) is 0 Å². The maximum atomic E-state index is 14.5. The Balaban J connectivity index is -0.0000000501. The molecule has 0 bridgehead atoms. The molecule has 0 radical (unpaired) electrons. The first kappa shape index (κ1) is 49.4. The second-order valence-electron chi connectivity index (χ2n) is 18.0. The van der Waals surface area contributed by atoms with Gasteiger partial charge < -0.3 is 58.1 Å². The molecule has 3 heterocycles. The Morgan fingerprint density at radius 3 is 2.02 bits per heavy atom. The first-order valence-electron chi connectivity index (χ1n) is 20.9. The van der Waals surface area contributed by atoms with Crippen molar-refractivity contribution >= 4 is 5.97 Å². The molecule has 3 rings (SSSR count). The maximum absolute atomic E-state index is 14.5. The molecular weight excluding hydrogens is 724 g/mol. The smallest absolute Gasteiger partial charge is 0.311 e. The van der Waals surface area contributed by atoms with Gasteiger partial charge in [-0.3, -0.25) is 9.69 Å². The fraction of sp³-hybridized carbons (Fsp3) is 0.976. The summed E-state index contributed by atoms with van der Waals surface area (Å²) in [5.74, 6) is -2.26. The molecule has 14 heteroatoms. The molecule has 0 spiro atoms. The van der Waals surface area contributed by atoms with Crippen molar-refractivity contribution in [2.45, 2.75) is 205 Å². The zero-order valence-electron chi connectivity index (χ0n) is 37.7. The Kier molecular flexibility index (Phi) is 17.7. The minimum absolute atomic E-state index is 0. The maximum Gasteiger partial charge on any atom is 0.311 e. The molecule has 0 amide bonds. The van der Waals surface area contributed by atoms with Gasteiger partial charge in [-0.25, -0.2) is 0 Å². The average Bonchev–Trinajstić information content (AvgIpc) is 3.14. The lowest BCUT2D eigenvalue weighted by Crippen LogP contribution is -2.61. The van der Waals surface area contributed by atoms with Gasteiger partial charge in [0.25, 0.3) is 0 Å². The van der Waals surface area contributed by atoms with Gasteiger partial charge in [0, 0.05) is 91.7 Å². The van der Waals surface area contributed by atoms with Crippen LogP contribution in [0.15, 0.2) is 0 Å². The number of cyclic esters (lactones) is 1. The Morgan fingerprint density at radius 2 is 1.50 bits per heavy atom. The van der Waals surface area contributed by atoms with E-state index in [1.165, 1.54) is 7.11 Å². The van der Waals surface area contributed by atoms with Crippen LogP contribution in [0.3, 0.4) is 0 Å². The zero-order chi connectivity index (χ0) is 42.7. The van der Waals surface area contributed by atoms with Crippen molar-refractivity contribution < 1.29 is 98.0 Å². The van der Waals surface area contributed by atoms with Gasteiger partial charge in [-0.15, -0.1) is 0 Å². The lowest BCUT2D eigenvalue weighted by Gasteiger charge is -2.49. The minimum atomic E-state index is -1.50. The summed E-state index contributed by atoms with van der Waals surface area (Å²) >= 11 is 0. The van der Waals surface area contributed by atoms with Crippen molar-refractivity contribution in [1.29, 1.82) is 0 Å². The average molecular weight is 862 g/mol. The standard InChI is InChI=1S/C42H80N2O12.28H2/c1-18-31-42(12,51-17)35(45)28(8)44(19-2)27(7)23(3)21-40(10,48)37(56-39-34(49-15)30(43(13)14)20-24(4)52-39)25(5)33(26(6)38(47)54-31)55-32-22-41(11,50-16)36(46)29(9)53-32;;;;;;;;;;;;;;;;;;;;;;;;;;;;/h23-37,39,45-46,48H,18-22H2,1-17H3;28*1H/t23-,24?,25+,26-,27?,28-,29?,30?,31-,32?,33+,34?,35-,36?,37-,39?,40-,41?,42-;;;;;;;;;;;;;;;;;;;;;;;;;;;;/m1............................/s1. The topological polar surface area (TPSA) is 158 Å². The van der Waals surface area contributed by atoms with E-state index in [9.17, 15) is 20.1 Å². The molecule has 0 aromatic carbocycles. The number of aliphatic hydroxyl groups is 3. The van der Waals surface area contributed by atoms with Gasteiger partial charge in [-0.2, -0.15) is 0 Å². The predicted molar refractivity (Wildman–Crippen MR) is 272 cm³/mol. The summed E-state index contributed by atoms with van der Waals surface area (Å²) < 4.78 is 50.9. The monoisotopic (exact) mass is 861 g/mol. The van der Waals surface area contributed by atoms with Gasteiger partial charge in [-0.1, -0.05) is 27.7 Å². The number of rotatable bonds is 10. The number of likely N-dealkylation sites (N-methyl/N-ethyl adjacent to an activating group) is 2. The molecule has 56 heavy (non-hydrogen) atoms. The van der Waals surface area contributed by atoms with Gasteiger partial charge in [0.1, 0.15) is 30.0 Å². The molecule has 3 saturated heterocycles. The van der Waals surface area contributed by atoms with Gasteiger partial charge in [0.05, 0.1) is 41.5 Å². The molecule has 19 atom stereocenters. The second kappa shape index (κ2) is 20.0. The number of carbonyl (C=O) groups excluding carboxylic acids is 1. The van der Waals surface area contributed by atoms with E-state index in [4.69, 9.17) is 37.9 Å². The molecule has 9 unspecified atom stereocenters. The van der Waals surface area contributed by atoms with Crippen molar-refractivity contribution in [1.82, 2.24) is 9.80 Å². The summed E-state index contributed by atoms with van der Waals surface area (Å²) in [7, 11) is 8.71. The van der Waals surface area contributed by atoms with E-state index in [0.717, 1.165) is 6.42 Å². The molecule has 3 aliphatic heterocycles. The lowest BCUT2D eigenvalue weighted by atomic mass is 9.76. The Morgan fingerprint density at radius 1 is 0.875 bits per heavy atom. The van der Waals surface area contributed by atoms with Crippen LogP contribution in [0.25, 0.3) is 0 Å². The summed E-state index contributed by atoms with van der Waals surface area (Å²) in [5, 5.41) is 36.0. The van der Waals surface area contributed by atoms with Gasteiger partial charge in [0.15, 0.2) is 12.6 Å². The van der Waals surface area contributed by atoms with Crippen molar-refractivity contribution in [3.05, 3.63) is 0 Å². The number of nitrogens with zero attached hydrogens (tertiary/aromatic N) is 2. The lowest BCUT2D eigenvalue weighted by molar-refractivity contribution is -0.319. The number of hydrogen-bond acceptors (Lipinski definition) is 14. The Hall–Kier alpha value is -1.01. The van der Waals surface area contributed by atoms with E-state index in [0.29, 0.717) is 19.4 Å². The zero-order valence-corrected chi connectivity index (χ0v) is 37.7. The molecular formula is C42H136N2O12. The van der Waals surface area contributed by atoms with Crippen LogP contribution < -0.4 is 0 Å². The van der Waals surface area contributed by atoms with Crippen LogP contribution in [0, 0.1) is 17.8 Å². The van der Waals surface area contributed by atoms with Gasteiger partial charge in [0.2, 0.25) is 0 Å². The van der Waals surface area contributed by atoms with E-state index in [-0.39, 0.29) is 70.5 Å². The number of esters is 1. The van der Waals surface area contributed by atoms with Crippen LogP contribution >= 0.6 is 0 Å². The molecule has 14 nitrogen and oxygen atoms in total. The SMILES string of the molecule is CC[C@H]1OC(=O)[C@H](C)[C@@H](OC2CC(C)(OC)C(O)C(C)O2)[C@H](C)[C@@H](OC2OC(C)CC(N(C)C)C2OC)[C@](C)(O)C[C@@H](C)C(C)N(CC)[C@H](C)[C@@H](O)[C@]1(C)OC.[HH].[HH].[HH].[HH].[HH].[HH].[HH].[HH].[HH].[HH].[HH].[HH].[HH].[HH].[HH].[HH].[HH].[HH].[HH].[HH].[HH].[HH].[HH].[HH].[HH].[HH].[HH].[HH]. The summed E-state index contributed by atoms with van der Waals surface area (Å²) in [6.07, 6.45) is -6.15. The van der Waals surface area contributed by atoms with Crippen LogP contribution in [0.4, 0.5) is 0 Å². The van der Waals surface area contributed by atoms with Crippen molar-refractivity contribution in [2.75, 3.05) is 42.0 Å². The highest BCUT2D eigenvalue weighted by molar-refractivity contribution is 5.73. The quantitative estimate of drug-likeness (QED) is 0.178. The van der Waals surface area contributed by atoms with Crippen LogP contribution in [0.2, 0.25) is 0 Å². The Labute approximate surface area is 379 Å². The van der Waals surface area contributed by atoms with E-state index in [1.807, 2.05) is 48.7 Å². The van der Waals surface area contributed by atoms with Gasteiger partial charge >= 0.3 is 5.97 Å². The second-order valence-corrected chi connectivity index (χ2v) is 18.0. The number of methoxy groups -OCH3 is 3. The Bertz CT molecular complexity index is 1310. The summed E-state index contributed by atoms with van der Waals surface area (Å²) in [6, 6.07) is -0.528. The van der Waals surface area contributed by atoms with Gasteiger partial charge in [-0.05, 0) is 101 Å². The third-order valence-electron chi connectivity index (χ3n) is 13.8. The first-order valence-corrected chi connectivity index (χ1v) is 20.9. The van der Waals surface area contributed by atoms with Crippen molar-refractivity contribution in [3.8, 4) is 0 Å².